The molecule has 10 bridgehead atoms. The van der Waals surface area contributed by atoms with Gasteiger partial charge in [0, 0.05) is 38.3 Å². The molecule has 2 aromatic heterocycles. The number of alkyl carbamates (subject to hydrolysis) is 1. The van der Waals surface area contributed by atoms with E-state index in [0.29, 0.717) is 47.8 Å². The number of carbonyl (C=O) groups is 11. The monoisotopic (exact) mass is 1830 g/mol. The van der Waals surface area contributed by atoms with E-state index in [2.05, 4.69) is 64.3 Å². The van der Waals surface area contributed by atoms with Gasteiger partial charge in [0.2, 0.25) is 41.3 Å². The van der Waals surface area contributed by atoms with E-state index >= 15 is 24.0 Å². The molecule has 9 aromatic rings. The highest BCUT2D eigenvalue weighted by molar-refractivity contribution is 5.99. The molecule has 6 aliphatic heterocycles. The molecule has 0 aliphatic carbocycles. The molecule has 9 N–H and O–H groups in total. The van der Waals surface area contributed by atoms with E-state index in [1.807, 2.05) is 175 Å². The molecule has 0 radical (unpaired) electrons. The van der Waals surface area contributed by atoms with E-state index in [1.54, 1.807) is 102 Å². The second-order valence-electron chi connectivity index (χ2n) is 38.0. The molecule has 13 atom stereocenters. The number of nitrogens with zero attached hydrogens (tertiary/aromatic N) is 6. The largest absolute Gasteiger partial charge is 0.490 e. The molecule has 7 amide bonds. The number of rotatable bonds is 21. The number of benzene rings is 7. The summed E-state index contributed by atoms with van der Waals surface area (Å²) in [6.45, 7) is 25.2. The van der Waals surface area contributed by atoms with Gasteiger partial charge in [-0.1, -0.05) is 193 Å². The number of aromatic nitrogens is 5. The van der Waals surface area contributed by atoms with Gasteiger partial charge in [-0.05, 0) is 203 Å². The first kappa shape index (κ1) is 101. The average Bonchev–Trinajstić information content (AvgIpc) is 1.64. The predicted octanol–water partition coefficient (Wildman–Crippen LogP) is 10.7. The van der Waals surface area contributed by atoms with E-state index in [-0.39, 0.29) is 88.8 Å². The Morgan fingerprint density at radius 2 is 1.12 bits per heavy atom. The summed E-state index contributed by atoms with van der Waals surface area (Å²) in [6, 6.07) is 38.7. The van der Waals surface area contributed by atoms with Crippen molar-refractivity contribution in [3.8, 4) is 17.2 Å². The molecular weight excluding hydrogens is 1710 g/mol. The summed E-state index contributed by atoms with van der Waals surface area (Å²) in [7, 11) is 3.26. The van der Waals surface area contributed by atoms with Gasteiger partial charge in [-0.2, -0.15) is 0 Å². The van der Waals surface area contributed by atoms with Crippen LogP contribution in [0.1, 0.15) is 167 Å². The highest BCUT2D eigenvalue weighted by Crippen LogP contribution is 2.36. The molecule has 2 unspecified atom stereocenters. The fourth-order valence-corrected chi connectivity index (χ4v) is 16.5. The Hall–Kier alpha value is -13.5. The Balaban J connectivity index is 0.000000656. The Labute approximate surface area is 780 Å². The van der Waals surface area contributed by atoms with Crippen LogP contribution in [0.4, 0.5) is 4.79 Å². The third-order valence-electron chi connectivity index (χ3n) is 24.3. The standard InChI is InChI=1S/C84H101N13O14.C18H25NO4/c1-49(85-9)74(100)89-72(83(3,4)5)79(104)95-45-55-17-15-16-34-109-64-30-24-51(25-31-64)35-60(78-92-93-82(108)111-78)42-70(98)66(39-53-22-28-56-18-11-13-20-58(56)37-53)88-77(103)69-44-63(47-96(69)80(105)73(84(6,7)8)90-75(101)50(2)86-10)97-46-62(91-94-97)48-110-65-32-26-52(27-33-65)36-61(81(106)107)43-71(99)67(87-76(102)68(95)41-55)40-54-23-29-57-19-12-14-21-59(57)38-54;1-6-11-22-15-9-7-14(8-10-15)12-16(13(2)20)19-17(21)23-18(3,4)5/h11-16,18-33,37-38,46,49-50,55,60-61,63,66-69,72-73,85-86H,17,34-36,39-45,47-48H2,1-10H3,(H,87,102)(H,88,103)(H,89,100)(H,90,101)(H,93,108)(H,106,107);6-10,16H,1,11-12H2,2-5H3,(H,19,21)/b16-15+;/t49-,50-,55-,60+,61+,63-,66?,67-,68-,69-,72?,73+;16-/m00/s1. The van der Waals surface area contributed by atoms with Gasteiger partial charge in [-0.15, -0.1) is 10.2 Å². The number of hydrogen-bond donors (Lipinski definition) is 9. The number of allylic oxidation sites excluding steroid dienone is 1. The fraction of sp³-hybridized carbons (Fsp3) is 0.441. The summed E-state index contributed by atoms with van der Waals surface area (Å²) in [6.07, 6.45) is 6.86. The van der Waals surface area contributed by atoms with Gasteiger partial charge in [-0.25, -0.2) is 19.4 Å². The van der Waals surface area contributed by atoms with E-state index in [4.69, 9.17) is 23.4 Å². The van der Waals surface area contributed by atoms with Crippen LogP contribution in [0, 0.1) is 22.7 Å². The highest BCUT2D eigenvalue weighted by Gasteiger charge is 2.49. The van der Waals surface area contributed by atoms with Crippen LogP contribution in [0.15, 0.2) is 198 Å². The minimum absolute atomic E-state index is 0.00606. The summed E-state index contributed by atoms with van der Waals surface area (Å²) < 4.78 is 30.2. The number of aromatic amines is 1. The zero-order valence-electron chi connectivity index (χ0n) is 78.7. The number of H-pyrrole nitrogens is 1. The molecular formula is C102H126N14O18. The van der Waals surface area contributed by atoms with Crippen LogP contribution in [0.5, 0.6) is 17.2 Å². The zero-order valence-corrected chi connectivity index (χ0v) is 78.7. The molecule has 0 saturated carbocycles. The van der Waals surface area contributed by atoms with Gasteiger partial charge in [0.05, 0.1) is 48.4 Å². The minimum Gasteiger partial charge on any atom is -0.490 e. The van der Waals surface area contributed by atoms with Gasteiger partial charge < -0.3 is 75.5 Å². The molecule has 134 heavy (non-hydrogen) atoms. The summed E-state index contributed by atoms with van der Waals surface area (Å²) in [5.41, 5.74) is 1.75. The Morgan fingerprint density at radius 3 is 1.63 bits per heavy atom. The lowest BCUT2D eigenvalue weighted by atomic mass is 9.85. The Kier molecular flexibility index (Phi) is 34.5. The number of likely N-dealkylation sites (tertiary alicyclic amines) is 2. The number of ether oxygens (including phenoxy) is 4. The molecule has 7 aromatic carbocycles. The van der Waals surface area contributed by atoms with E-state index in [9.17, 15) is 38.7 Å². The lowest BCUT2D eigenvalue weighted by Gasteiger charge is -2.36. The van der Waals surface area contributed by atoms with Crippen molar-refractivity contribution >= 4 is 86.4 Å². The molecule has 712 valence electrons. The number of nitrogens with one attached hydrogen (secondary N) is 8. The van der Waals surface area contributed by atoms with Crippen molar-refractivity contribution in [1.82, 2.24) is 72.2 Å². The van der Waals surface area contributed by atoms with Crippen molar-refractivity contribution in [2.45, 2.75) is 226 Å². The molecule has 32 heteroatoms. The number of aliphatic carboxylic acids is 1. The van der Waals surface area contributed by atoms with Gasteiger partial charge in [0.25, 0.3) is 0 Å². The van der Waals surface area contributed by atoms with Gasteiger partial charge in [-0.3, -0.25) is 47.9 Å². The Morgan fingerprint density at radius 1 is 0.604 bits per heavy atom. The van der Waals surface area contributed by atoms with Crippen LogP contribution in [0.25, 0.3) is 21.5 Å². The van der Waals surface area contributed by atoms with Crippen molar-refractivity contribution in [2.75, 3.05) is 40.4 Å². The number of hydrogen-bond acceptors (Lipinski definition) is 22. The number of amides is 7. The number of carboxylic acids is 1. The number of Topliss-reactive ketones (excluding diaryl/α,β-unsaturated/α-hetero) is 3. The van der Waals surface area contributed by atoms with Crippen LogP contribution in [0.2, 0.25) is 0 Å². The summed E-state index contributed by atoms with van der Waals surface area (Å²) >= 11 is 0. The molecule has 2 fully saturated rings. The second-order valence-corrected chi connectivity index (χ2v) is 38.0. The average molecular weight is 1840 g/mol. The van der Waals surface area contributed by atoms with E-state index < -0.39 is 160 Å². The summed E-state index contributed by atoms with van der Waals surface area (Å²) in [5, 5.41) is 50.4. The number of carboxylic acid groups (broad SMARTS) is 1. The minimum atomic E-state index is -1.24. The molecule has 32 nitrogen and oxygen atoms in total. The van der Waals surface area contributed by atoms with Crippen LogP contribution < -0.4 is 57.2 Å². The molecule has 8 heterocycles. The Bertz CT molecular complexity index is 5730. The number of carbonyl (C=O) groups excluding carboxylic acids is 10. The maximum Gasteiger partial charge on any atom is 0.434 e. The van der Waals surface area contributed by atoms with Crippen LogP contribution in [-0.2, 0) is 91.4 Å². The van der Waals surface area contributed by atoms with Gasteiger partial charge in [0.1, 0.15) is 72.5 Å². The number of ketones is 3. The topological polar surface area (TPSA) is 425 Å². The van der Waals surface area contributed by atoms with E-state index in [0.717, 1.165) is 44.0 Å². The highest BCUT2D eigenvalue weighted by atomic mass is 16.6. The number of likely N-dealkylation sites (N-methyl/N-ethyl adjacent to an activating group) is 2. The smallest absolute Gasteiger partial charge is 0.434 e. The lowest BCUT2D eigenvalue weighted by molar-refractivity contribution is -0.145. The van der Waals surface area contributed by atoms with Crippen LogP contribution in [0.3, 0.4) is 0 Å². The molecule has 0 spiro atoms. The quantitative estimate of drug-likeness (QED) is 0.0302. The fourth-order valence-electron chi connectivity index (χ4n) is 16.5. The third-order valence-corrected chi connectivity index (χ3v) is 24.3. The zero-order chi connectivity index (χ0) is 96.9. The van der Waals surface area contributed by atoms with Crippen molar-refractivity contribution in [2.24, 2.45) is 22.7 Å². The molecule has 6 aliphatic rings. The van der Waals surface area contributed by atoms with Crippen LogP contribution >= 0.6 is 0 Å². The summed E-state index contributed by atoms with van der Waals surface area (Å²) in [5.74, 6) is -7.01. The van der Waals surface area contributed by atoms with Gasteiger partial charge in [0.15, 0.2) is 17.3 Å². The molecule has 15 rings (SSSR count). The van der Waals surface area contributed by atoms with Crippen molar-refractivity contribution in [1.29, 1.82) is 0 Å². The van der Waals surface area contributed by atoms with Gasteiger partial charge >= 0.3 is 17.8 Å². The second kappa shape index (κ2) is 45.8. The van der Waals surface area contributed by atoms with E-state index in [1.165, 1.54) is 16.7 Å². The summed E-state index contributed by atoms with van der Waals surface area (Å²) in [4.78, 5) is 171. The lowest BCUT2D eigenvalue weighted by Crippen LogP contribution is -2.60. The predicted molar refractivity (Wildman–Crippen MR) is 506 cm³/mol. The van der Waals surface area contributed by atoms with Crippen molar-refractivity contribution in [3.05, 3.63) is 239 Å². The van der Waals surface area contributed by atoms with Crippen LogP contribution in [-0.4, -0.2) is 205 Å². The van der Waals surface area contributed by atoms with Crippen molar-refractivity contribution < 1.29 is 81.2 Å². The SMILES string of the molecule is C=CCOc1ccc(C[C@H](NC(=O)OC(C)(C)C)C(C)=O)cc1.CN[C@@H](C)C(=O)NC(C(=O)N1C[C@H]2C/C=C/COc3ccc(cc3)C[C@@H](c3n[nH]c(=O)o3)CC(=O)C(Cc3ccc4ccccc4c3)NC(=O)[C@@H]3C[C@@H](CN3C(=O)[C@@H](NC(=O)[C@H](C)NC)C(C)(C)C)n3cc(nn3)COc3ccc(cc3)C[C@@H](C(=O)O)CC(=O)[C@H](Cc3ccc4ccccc4c3)NC(=O)[C@@H]1C2)C(C)(C)C. The first-order valence-electron chi connectivity index (χ1n) is 45.5. The normalized spacial score (nSPS) is 20.5. The first-order chi connectivity index (χ1) is 63.7. The number of fused-ring (bicyclic) bond motifs is 2. The maximum absolute atomic E-state index is 15.5. The maximum atomic E-state index is 15.5. The van der Waals surface area contributed by atoms with Crippen molar-refractivity contribution in [3.63, 3.8) is 0 Å². The molecule has 2 saturated heterocycles. The first-order valence-corrected chi connectivity index (χ1v) is 45.5. The third kappa shape index (κ3) is 28.3.